The lowest BCUT2D eigenvalue weighted by Gasteiger charge is -2.16. The van der Waals surface area contributed by atoms with Crippen molar-refractivity contribution in [2.24, 2.45) is 5.73 Å². The van der Waals surface area contributed by atoms with Gasteiger partial charge in [-0.05, 0) is 31.0 Å². The van der Waals surface area contributed by atoms with E-state index >= 15 is 0 Å². The normalized spacial score (nSPS) is 12.6. The average molecular weight is 197 g/mol. The highest BCUT2D eigenvalue weighted by Gasteiger charge is 2.14. The summed E-state index contributed by atoms with van der Waals surface area (Å²) in [5, 5.41) is 0. The van der Waals surface area contributed by atoms with Gasteiger partial charge in [0.15, 0.2) is 0 Å². The van der Waals surface area contributed by atoms with Crippen LogP contribution in [0.1, 0.15) is 24.0 Å². The quantitative estimate of drug-likeness (QED) is 0.806. The van der Waals surface area contributed by atoms with Crippen molar-refractivity contribution in [1.29, 1.82) is 0 Å². The van der Waals surface area contributed by atoms with Crippen molar-refractivity contribution >= 4 is 0 Å². The number of rotatable bonds is 3. The van der Waals surface area contributed by atoms with Crippen LogP contribution in [-0.2, 0) is 0 Å². The molecule has 1 aromatic rings. The van der Waals surface area contributed by atoms with E-state index in [4.69, 9.17) is 10.5 Å². The van der Waals surface area contributed by atoms with Crippen molar-refractivity contribution in [1.82, 2.24) is 0 Å². The Bertz CT molecular complexity index is 325. The molecule has 0 saturated heterocycles. The molecule has 0 spiro atoms. The number of halogens is 1. The third-order valence-electron chi connectivity index (χ3n) is 2.46. The van der Waals surface area contributed by atoms with Gasteiger partial charge in [-0.3, -0.25) is 0 Å². The van der Waals surface area contributed by atoms with Crippen LogP contribution in [0.4, 0.5) is 4.39 Å². The monoisotopic (exact) mass is 197 g/mol. The Morgan fingerprint density at radius 1 is 1.50 bits per heavy atom. The number of ether oxygens (including phenoxy) is 1. The highest BCUT2D eigenvalue weighted by atomic mass is 19.1. The fourth-order valence-corrected chi connectivity index (χ4v) is 1.47. The number of nitrogens with two attached hydrogens (primary N) is 1. The Hall–Kier alpha value is -1.09. The highest BCUT2D eigenvalue weighted by Crippen LogP contribution is 2.30. The van der Waals surface area contributed by atoms with Crippen LogP contribution in [0.5, 0.6) is 5.75 Å². The Labute approximate surface area is 83.9 Å². The summed E-state index contributed by atoms with van der Waals surface area (Å²) in [6, 6.07) is 3.19. The maximum Gasteiger partial charge on any atom is 0.129 e. The molecule has 0 radical (unpaired) electrons. The van der Waals surface area contributed by atoms with Gasteiger partial charge in [-0.1, -0.05) is 13.0 Å². The van der Waals surface area contributed by atoms with E-state index in [9.17, 15) is 4.39 Å². The SMILES string of the molecule is COc1c(C(C)CN)ccc(F)c1C. The van der Waals surface area contributed by atoms with Gasteiger partial charge in [0.25, 0.3) is 0 Å². The van der Waals surface area contributed by atoms with Gasteiger partial charge in [-0.25, -0.2) is 4.39 Å². The molecule has 0 aliphatic carbocycles. The van der Waals surface area contributed by atoms with Gasteiger partial charge in [0.1, 0.15) is 11.6 Å². The summed E-state index contributed by atoms with van der Waals surface area (Å²) >= 11 is 0. The van der Waals surface area contributed by atoms with Crippen molar-refractivity contribution in [2.75, 3.05) is 13.7 Å². The molecule has 0 saturated carbocycles. The topological polar surface area (TPSA) is 35.2 Å². The van der Waals surface area contributed by atoms with Crippen LogP contribution < -0.4 is 10.5 Å². The van der Waals surface area contributed by atoms with Crippen LogP contribution in [0.25, 0.3) is 0 Å². The molecule has 2 nitrogen and oxygen atoms in total. The van der Waals surface area contributed by atoms with E-state index < -0.39 is 0 Å². The molecule has 0 fully saturated rings. The zero-order valence-corrected chi connectivity index (χ0v) is 8.80. The summed E-state index contributed by atoms with van der Waals surface area (Å²) in [5.41, 5.74) is 7.08. The van der Waals surface area contributed by atoms with Crippen LogP contribution in [0.3, 0.4) is 0 Å². The minimum atomic E-state index is -0.241. The van der Waals surface area contributed by atoms with Crippen molar-refractivity contribution in [3.05, 3.63) is 29.1 Å². The van der Waals surface area contributed by atoms with Crippen molar-refractivity contribution < 1.29 is 9.13 Å². The summed E-state index contributed by atoms with van der Waals surface area (Å²) < 4.78 is 18.4. The molecule has 0 heterocycles. The molecule has 2 N–H and O–H groups in total. The lowest BCUT2D eigenvalue weighted by molar-refractivity contribution is 0.399. The second kappa shape index (κ2) is 4.42. The molecule has 1 aromatic carbocycles. The Balaban J connectivity index is 3.23. The fraction of sp³-hybridized carbons (Fsp3) is 0.455. The molecule has 3 heteroatoms. The Morgan fingerprint density at radius 2 is 2.14 bits per heavy atom. The van der Waals surface area contributed by atoms with Crippen molar-refractivity contribution in [3.8, 4) is 5.75 Å². The van der Waals surface area contributed by atoms with Gasteiger partial charge >= 0.3 is 0 Å². The second-order valence-corrected chi connectivity index (χ2v) is 3.43. The van der Waals surface area contributed by atoms with Gasteiger partial charge < -0.3 is 10.5 Å². The van der Waals surface area contributed by atoms with Crippen molar-refractivity contribution in [2.45, 2.75) is 19.8 Å². The van der Waals surface area contributed by atoms with Gasteiger partial charge in [0.2, 0.25) is 0 Å². The number of methoxy groups -OCH3 is 1. The lowest BCUT2D eigenvalue weighted by Crippen LogP contribution is -2.11. The molecule has 1 rings (SSSR count). The number of hydrogen-bond donors (Lipinski definition) is 1. The number of hydrogen-bond acceptors (Lipinski definition) is 2. The van der Waals surface area contributed by atoms with Crippen LogP contribution in [0.15, 0.2) is 12.1 Å². The minimum Gasteiger partial charge on any atom is -0.496 e. The first-order valence-corrected chi connectivity index (χ1v) is 4.64. The van der Waals surface area contributed by atoms with Crippen LogP contribution in [0, 0.1) is 12.7 Å². The molecule has 14 heavy (non-hydrogen) atoms. The molecule has 0 aliphatic rings. The third-order valence-corrected chi connectivity index (χ3v) is 2.46. The van der Waals surface area contributed by atoms with Crippen molar-refractivity contribution in [3.63, 3.8) is 0 Å². The smallest absolute Gasteiger partial charge is 0.129 e. The van der Waals surface area contributed by atoms with E-state index in [2.05, 4.69) is 0 Å². The first kappa shape index (κ1) is 11.0. The summed E-state index contributed by atoms with van der Waals surface area (Å²) in [7, 11) is 1.55. The first-order chi connectivity index (χ1) is 6.61. The van der Waals surface area contributed by atoms with Crippen LogP contribution in [0.2, 0.25) is 0 Å². The van der Waals surface area contributed by atoms with Gasteiger partial charge in [0.05, 0.1) is 7.11 Å². The van der Waals surface area contributed by atoms with E-state index in [1.807, 2.05) is 6.92 Å². The van der Waals surface area contributed by atoms with E-state index in [-0.39, 0.29) is 11.7 Å². The third kappa shape index (κ3) is 1.87. The minimum absolute atomic E-state index is 0.184. The maximum atomic E-state index is 13.2. The second-order valence-electron chi connectivity index (χ2n) is 3.43. The molecule has 0 amide bonds. The zero-order chi connectivity index (χ0) is 10.7. The molecular formula is C11H16FNO. The predicted molar refractivity (Wildman–Crippen MR) is 55.2 cm³/mol. The highest BCUT2D eigenvalue weighted by molar-refractivity contribution is 5.43. The van der Waals surface area contributed by atoms with E-state index in [1.54, 1.807) is 20.1 Å². The zero-order valence-electron chi connectivity index (χ0n) is 8.80. The predicted octanol–water partition coefficient (Wildman–Crippen LogP) is 2.20. The summed E-state index contributed by atoms with van der Waals surface area (Å²) in [6.45, 7) is 4.23. The van der Waals surface area contributed by atoms with Gasteiger partial charge in [-0.2, -0.15) is 0 Å². The molecule has 78 valence electrons. The van der Waals surface area contributed by atoms with Gasteiger partial charge in [0, 0.05) is 5.56 Å². The molecule has 0 aliphatic heterocycles. The molecule has 1 atom stereocenters. The Kier molecular flexibility index (Phi) is 3.47. The maximum absolute atomic E-state index is 13.2. The van der Waals surface area contributed by atoms with Gasteiger partial charge in [-0.15, -0.1) is 0 Å². The largest absolute Gasteiger partial charge is 0.496 e. The molecule has 0 aromatic heterocycles. The number of benzene rings is 1. The summed E-state index contributed by atoms with van der Waals surface area (Å²) in [5.74, 6) is 0.557. The fourth-order valence-electron chi connectivity index (χ4n) is 1.47. The molecule has 1 unspecified atom stereocenters. The summed E-state index contributed by atoms with van der Waals surface area (Å²) in [4.78, 5) is 0. The van der Waals surface area contributed by atoms with E-state index in [1.165, 1.54) is 6.07 Å². The van der Waals surface area contributed by atoms with E-state index in [0.717, 1.165) is 5.56 Å². The first-order valence-electron chi connectivity index (χ1n) is 4.64. The van der Waals surface area contributed by atoms with Crippen LogP contribution >= 0.6 is 0 Å². The van der Waals surface area contributed by atoms with E-state index in [0.29, 0.717) is 17.9 Å². The van der Waals surface area contributed by atoms with Crippen LogP contribution in [-0.4, -0.2) is 13.7 Å². The molecular weight excluding hydrogens is 181 g/mol. The average Bonchev–Trinajstić information content (AvgIpc) is 2.20. The standard InChI is InChI=1S/C11H16FNO/c1-7(6-13)9-4-5-10(12)8(2)11(9)14-3/h4-5,7H,6,13H2,1-3H3. The summed E-state index contributed by atoms with van der Waals surface area (Å²) in [6.07, 6.45) is 0. The Morgan fingerprint density at radius 3 is 2.64 bits per heavy atom. The molecule has 0 bridgehead atoms. The lowest BCUT2D eigenvalue weighted by atomic mass is 9.98.